The van der Waals surface area contributed by atoms with Crippen LogP contribution in [0.3, 0.4) is 0 Å². The zero-order valence-corrected chi connectivity index (χ0v) is 14.9. The van der Waals surface area contributed by atoms with Gasteiger partial charge in [-0.3, -0.25) is 4.90 Å². The monoisotopic (exact) mass is 353 g/mol. The van der Waals surface area contributed by atoms with Gasteiger partial charge in [-0.25, -0.2) is 0 Å². The van der Waals surface area contributed by atoms with E-state index < -0.39 is 0 Å². The van der Waals surface area contributed by atoms with E-state index in [4.69, 9.17) is 13.7 Å². The van der Waals surface area contributed by atoms with Crippen molar-refractivity contribution in [3.8, 4) is 11.4 Å². The molecule has 2 aromatic heterocycles. The van der Waals surface area contributed by atoms with Gasteiger partial charge in [-0.1, -0.05) is 28.9 Å². The van der Waals surface area contributed by atoms with Crippen LogP contribution in [0.25, 0.3) is 11.4 Å². The third-order valence-corrected chi connectivity index (χ3v) is 4.55. The third kappa shape index (κ3) is 4.20. The topological polar surface area (TPSA) is 64.5 Å². The molecule has 1 fully saturated rings. The maximum absolute atomic E-state index is 5.79. The van der Waals surface area contributed by atoms with Gasteiger partial charge in [0.1, 0.15) is 5.76 Å². The largest absolute Gasteiger partial charge is 0.468 e. The van der Waals surface area contributed by atoms with Crippen molar-refractivity contribution in [1.29, 1.82) is 0 Å². The van der Waals surface area contributed by atoms with Gasteiger partial charge in [0.05, 0.1) is 25.5 Å². The van der Waals surface area contributed by atoms with Crippen molar-refractivity contribution in [2.24, 2.45) is 0 Å². The zero-order valence-electron chi connectivity index (χ0n) is 14.9. The van der Waals surface area contributed by atoms with E-state index in [0.717, 1.165) is 37.3 Å². The quantitative estimate of drug-likeness (QED) is 0.643. The summed E-state index contributed by atoms with van der Waals surface area (Å²) in [6.07, 6.45) is 4.16. The molecule has 0 spiro atoms. The second-order valence-electron chi connectivity index (χ2n) is 6.77. The highest BCUT2D eigenvalue weighted by Crippen LogP contribution is 2.20. The van der Waals surface area contributed by atoms with Crippen LogP contribution in [0.2, 0.25) is 0 Å². The van der Waals surface area contributed by atoms with E-state index in [1.54, 1.807) is 6.26 Å². The molecule has 1 atom stereocenters. The lowest BCUT2D eigenvalue weighted by molar-refractivity contribution is 0.0615. The molecule has 1 aliphatic rings. The first-order valence-electron chi connectivity index (χ1n) is 9.02. The predicted molar refractivity (Wildman–Crippen MR) is 96.3 cm³/mol. The summed E-state index contributed by atoms with van der Waals surface area (Å²) in [5, 5.41) is 4.14. The van der Waals surface area contributed by atoms with Crippen LogP contribution in [0.5, 0.6) is 0 Å². The molecular formula is C20H23N3O3. The van der Waals surface area contributed by atoms with Crippen LogP contribution in [0, 0.1) is 6.92 Å². The minimum absolute atomic E-state index is 0.254. The standard InChI is InChI=1S/C20H23N3O3/c1-15-5-2-6-16(11-15)20-21-19(26-22-20)14-23(12-17-7-3-9-24-17)13-18-8-4-10-25-18/h2-3,5-7,9,11,18H,4,8,10,12-14H2,1H3. The van der Waals surface area contributed by atoms with Gasteiger partial charge >= 0.3 is 0 Å². The molecule has 1 unspecified atom stereocenters. The molecular weight excluding hydrogens is 330 g/mol. The molecule has 1 aromatic carbocycles. The van der Waals surface area contributed by atoms with Crippen LogP contribution in [0.1, 0.15) is 30.1 Å². The Bertz CT molecular complexity index is 822. The predicted octanol–water partition coefficient (Wildman–Crippen LogP) is 3.82. The smallest absolute Gasteiger partial charge is 0.241 e. The second kappa shape index (κ2) is 7.85. The maximum Gasteiger partial charge on any atom is 0.241 e. The molecule has 1 aliphatic heterocycles. The number of benzene rings is 1. The van der Waals surface area contributed by atoms with Crippen molar-refractivity contribution in [2.75, 3.05) is 13.2 Å². The van der Waals surface area contributed by atoms with Gasteiger partial charge in [0.25, 0.3) is 0 Å². The Balaban J connectivity index is 1.47. The zero-order chi connectivity index (χ0) is 17.8. The molecule has 0 N–H and O–H groups in total. The van der Waals surface area contributed by atoms with Crippen LogP contribution < -0.4 is 0 Å². The van der Waals surface area contributed by atoms with Crippen molar-refractivity contribution < 1.29 is 13.7 Å². The Hall–Kier alpha value is -2.44. The van der Waals surface area contributed by atoms with Gasteiger partial charge in [-0.05, 0) is 38.0 Å². The van der Waals surface area contributed by atoms with Gasteiger partial charge in [-0.2, -0.15) is 4.98 Å². The lowest BCUT2D eigenvalue weighted by Gasteiger charge is -2.22. The van der Waals surface area contributed by atoms with Crippen molar-refractivity contribution in [1.82, 2.24) is 15.0 Å². The van der Waals surface area contributed by atoms with Gasteiger partial charge in [0.2, 0.25) is 11.7 Å². The highest BCUT2D eigenvalue weighted by Gasteiger charge is 2.22. The average Bonchev–Trinajstić information content (AvgIpc) is 3.37. The minimum atomic E-state index is 0.254. The molecule has 3 heterocycles. The fraction of sp³-hybridized carbons (Fsp3) is 0.400. The molecule has 136 valence electrons. The Kier molecular flexibility index (Phi) is 5.13. The fourth-order valence-corrected chi connectivity index (χ4v) is 3.30. The van der Waals surface area contributed by atoms with E-state index in [-0.39, 0.29) is 6.10 Å². The number of hydrogen-bond donors (Lipinski definition) is 0. The summed E-state index contributed by atoms with van der Waals surface area (Å²) in [4.78, 5) is 6.81. The molecule has 6 heteroatoms. The number of rotatable bonds is 7. The fourth-order valence-electron chi connectivity index (χ4n) is 3.30. The number of furan rings is 1. The van der Waals surface area contributed by atoms with Crippen molar-refractivity contribution in [2.45, 2.75) is 39.0 Å². The van der Waals surface area contributed by atoms with E-state index in [9.17, 15) is 0 Å². The highest BCUT2D eigenvalue weighted by atomic mass is 16.5. The van der Waals surface area contributed by atoms with Crippen molar-refractivity contribution in [3.05, 3.63) is 59.9 Å². The Morgan fingerprint density at radius 3 is 2.92 bits per heavy atom. The summed E-state index contributed by atoms with van der Waals surface area (Å²) in [6, 6.07) is 12.0. The molecule has 0 bridgehead atoms. The summed E-state index contributed by atoms with van der Waals surface area (Å²) in [6.45, 7) is 4.98. The molecule has 6 nitrogen and oxygen atoms in total. The first kappa shape index (κ1) is 17.0. The number of ether oxygens (including phenoxy) is 1. The number of aryl methyl sites for hydroxylation is 1. The third-order valence-electron chi connectivity index (χ3n) is 4.55. The van der Waals surface area contributed by atoms with Crippen LogP contribution in [-0.4, -0.2) is 34.3 Å². The van der Waals surface area contributed by atoms with Gasteiger partial charge in [-0.15, -0.1) is 0 Å². The summed E-state index contributed by atoms with van der Waals surface area (Å²) >= 11 is 0. The van der Waals surface area contributed by atoms with Crippen LogP contribution in [0.4, 0.5) is 0 Å². The minimum Gasteiger partial charge on any atom is -0.468 e. The van der Waals surface area contributed by atoms with E-state index >= 15 is 0 Å². The van der Waals surface area contributed by atoms with Crippen molar-refractivity contribution >= 4 is 0 Å². The van der Waals surface area contributed by atoms with Gasteiger partial charge in [0.15, 0.2) is 0 Å². The summed E-state index contributed by atoms with van der Waals surface area (Å²) in [5.41, 5.74) is 2.14. The van der Waals surface area contributed by atoms with Gasteiger partial charge in [0, 0.05) is 18.7 Å². The van der Waals surface area contributed by atoms with E-state index in [1.165, 1.54) is 5.56 Å². The summed E-state index contributed by atoms with van der Waals surface area (Å²) < 4.78 is 16.8. The lowest BCUT2D eigenvalue weighted by Crippen LogP contribution is -2.31. The highest BCUT2D eigenvalue weighted by molar-refractivity contribution is 5.55. The van der Waals surface area contributed by atoms with E-state index in [2.05, 4.69) is 34.1 Å². The molecule has 0 aliphatic carbocycles. The Labute approximate surface area is 152 Å². The molecule has 0 saturated carbocycles. The first-order chi connectivity index (χ1) is 12.8. The van der Waals surface area contributed by atoms with Crippen LogP contribution >= 0.6 is 0 Å². The Morgan fingerprint density at radius 1 is 1.19 bits per heavy atom. The first-order valence-corrected chi connectivity index (χ1v) is 9.02. The van der Waals surface area contributed by atoms with Crippen LogP contribution in [0.15, 0.2) is 51.6 Å². The number of nitrogens with zero attached hydrogens (tertiary/aromatic N) is 3. The molecule has 0 amide bonds. The summed E-state index contributed by atoms with van der Waals surface area (Å²) in [7, 11) is 0. The lowest BCUT2D eigenvalue weighted by atomic mass is 10.1. The van der Waals surface area contributed by atoms with Crippen LogP contribution in [-0.2, 0) is 17.8 Å². The SMILES string of the molecule is Cc1cccc(-c2noc(CN(Cc3ccco3)CC3CCCO3)n2)c1. The number of aromatic nitrogens is 2. The maximum atomic E-state index is 5.79. The average molecular weight is 353 g/mol. The summed E-state index contributed by atoms with van der Waals surface area (Å²) in [5.74, 6) is 2.14. The Morgan fingerprint density at radius 2 is 2.15 bits per heavy atom. The van der Waals surface area contributed by atoms with E-state index in [1.807, 2.05) is 24.3 Å². The van der Waals surface area contributed by atoms with Crippen molar-refractivity contribution in [3.63, 3.8) is 0 Å². The molecule has 26 heavy (non-hydrogen) atoms. The van der Waals surface area contributed by atoms with E-state index in [0.29, 0.717) is 24.8 Å². The van der Waals surface area contributed by atoms with Gasteiger partial charge < -0.3 is 13.7 Å². The molecule has 4 rings (SSSR count). The molecule has 3 aromatic rings. The molecule has 0 radical (unpaired) electrons. The molecule has 1 saturated heterocycles. The normalized spacial score (nSPS) is 17.2. The number of hydrogen-bond acceptors (Lipinski definition) is 6. The second-order valence-corrected chi connectivity index (χ2v) is 6.77.